The van der Waals surface area contributed by atoms with Crippen LogP contribution in [0.2, 0.25) is 0 Å². The SMILES string of the molecule is Nc1nc2[nH]ccc2n2cncc12. The number of aromatic nitrogens is 4. The molecule has 0 atom stereocenters. The van der Waals surface area contributed by atoms with E-state index >= 15 is 0 Å². The van der Waals surface area contributed by atoms with Gasteiger partial charge in [0.1, 0.15) is 5.52 Å². The van der Waals surface area contributed by atoms with Gasteiger partial charge in [-0.05, 0) is 6.07 Å². The predicted octanol–water partition coefficient (Wildman–Crippen LogP) is 0.793. The summed E-state index contributed by atoms with van der Waals surface area (Å²) >= 11 is 0. The van der Waals surface area contributed by atoms with Crippen molar-refractivity contribution < 1.29 is 0 Å². The molecule has 3 N–H and O–H groups in total. The van der Waals surface area contributed by atoms with Gasteiger partial charge >= 0.3 is 0 Å². The Labute approximate surface area is 73.2 Å². The molecule has 13 heavy (non-hydrogen) atoms. The second-order valence-electron chi connectivity index (χ2n) is 2.86. The van der Waals surface area contributed by atoms with Crippen LogP contribution in [0.4, 0.5) is 5.82 Å². The van der Waals surface area contributed by atoms with Crippen molar-refractivity contribution in [3.63, 3.8) is 0 Å². The van der Waals surface area contributed by atoms with Gasteiger partial charge in [-0.3, -0.25) is 4.40 Å². The number of fused-ring (bicyclic) bond motifs is 3. The predicted molar refractivity (Wildman–Crippen MR) is 49.3 cm³/mol. The lowest BCUT2D eigenvalue weighted by Crippen LogP contribution is -1.95. The third-order valence-corrected chi connectivity index (χ3v) is 2.10. The number of aromatic amines is 1. The van der Waals surface area contributed by atoms with Crippen molar-refractivity contribution in [2.75, 3.05) is 5.73 Å². The van der Waals surface area contributed by atoms with Gasteiger partial charge in [-0.25, -0.2) is 9.97 Å². The lowest BCUT2D eigenvalue weighted by atomic mass is 10.4. The minimum Gasteiger partial charge on any atom is -0.382 e. The molecule has 0 aliphatic carbocycles. The second kappa shape index (κ2) is 2.01. The van der Waals surface area contributed by atoms with Crippen LogP contribution in [0.1, 0.15) is 0 Å². The fourth-order valence-electron chi connectivity index (χ4n) is 1.49. The van der Waals surface area contributed by atoms with Crippen molar-refractivity contribution in [2.45, 2.75) is 0 Å². The molecule has 0 amide bonds. The van der Waals surface area contributed by atoms with Crippen LogP contribution < -0.4 is 5.73 Å². The van der Waals surface area contributed by atoms with Crippen LogP contribution in [0.3, 0.4) is 0 Å². The zero-order valence-corrected chi connectivity index (χ0v) is 6.73. The fraction of sp³-hybridized carbons (Fsp3) is 0. The zero-order chi connectivity index (χ0) is 8.84. The van der Waals surface area contributed by atoms with Gasteiger partial charge in [-0.15, -0.1) is 0 Å². The summed E-state index contributed by atoms with van der Waals surface area (Å²) < 4.78 is 1.91. The van der Waals surface area contributed by atoms with Gasteiger partial charge in [0.25, 0.3) is 0 Å². The van der Waals surface area contributed by atoms with E-state index < -0.39 is 0 Å². The van der Waals surface area contributed by atoms with E-state index in [-0.39, 0.29) is 0 Å². The van der Waals surface area contributed by atoms with E-state index in [1.165, 1.54) is 0 Å². The van der Waals surface area contributed by atoms with Gasteiger partial charge in [-0.2, -0.15) is 0 Å². The van der Waals surface area contributed by atoms with Crippen LogP contribution in [0, 0.1) is 0 Å². The number of anilines is 1. The average Bonchev–Trinajstić information content (AvgIpc) is 2.66. The Bertz CT molecular complexity index is 576. The number of hydrogen-bond acceptors (Lipinski definition) is 3. The molecule has 5 nitrogen and oxygen atoms in total. The number of nitrogens with one attached hydrogen (secondary N) is 1. The van der Waals surface area contributed by atoms with Crippen molar-refractivity contribution in [3.05, 3.63) is 24.8 Å². The lowest BCUT2D eigenvalue weighted by molar-refractivity contribution is 1.19. The maximum Gasteiger partial charge on any atom is 0.156 e. The summed E-state index contributed by atoms with van der Waals surface area (Å²) in [4.78, 5) is 11.2. The van der Waals surface area contributed by atoms with Crippen LogP contribution in [0.15, 0.2) is 24.8 Å². The van der Waals surface area contributed by atoms with Gasteiger partial charge in [0.2, 0.25) is 0 Å². The number of rotatable bonds is 0. The number of imidazole rings is 1. The minimum absolute atomic E-state index is 0.493. The third-order valence-electron chi connectivity index (χ3n) is 2.10. The van der Waals surface area contributed by atoms with E-state index in [1.54, 1.807) is 12.5 Å². The maximum absolute atomic E-state index is 5.73. The first-order chi connectivity index (χ1) is 6.36. The Morgan fingerprint density at radius 3 is 3.23 bits per heavy atom. The maximum atomic E-state index is 5.73. The molecule has 0 radical (unpaired) electrons. The second-order valence-corrected chi connectivity index (χ2v) is 2.86. The summed E-state index contributed by atoms with van der Waals surface area (Å²) in [7, 11) is 0. The first-order valence-corrected chi connectivity index (χ1v) is 3.91. The molecule has 0 aromatic carbocycles. The number of hydrogen-bond donors (Lipinski definition) is 2. The highest BCUT2D eigenvalue weighted by atomic mass is 15.1. The largest absolute Gasteiger partial charge is 0.382 e. The van der Waals surface area contributed by atoms with E-state index in [0.29, 0.717) is 5.82 Å². The molecule has 0 saturated carbocycles. The van der Waals surface area contributed by atoms with Crippen molar-refractivity contribution >= 4 is 22.5 Å². The highest BCUT2D eigenvalue weighted by Gasteiger charge is 2.05. The molecule has 3 aromatic heterocycles. The molecule has 3 rings (SSSR count). The van der Waals surface area contributed by atoms with E-state index in [0.717, 1.165) is 16.7 Å². The smallest absolute Gasteiger partial charge is 0.156 e. The molecule has 0 saturated heterocycles. The molecule has 0 aliphatic rings. The highest BCUT2D eigenvalue weighted by molar-refractivity contribution is 5.80. The minimum atomic E-state index is 0.493. The van der Waals surface area contributed by atoms with Gasteiger partial charge in [0, 0.05) is 6.20 Å². The van der Waals surface area contributed by atoms with Gasteiger partial charge in [0.05, 0.1) is 18.0 Å². The van der Waals surface area contributed by atoms with Crippen LogP contribution in [-0.2, 0) is 0 Å². The standard InChI is InChI=1S/C8H7N5/c9-7-6-3-10-4-13(6)5-1-2-11-8(5)12-7/h1-4,11H,(H2,9,12). The van der Waals surface area contributed by atoms with Crippen LogP contribution >= 0.6 is 0 Å². The van der Waals surface area contributed by atoms with Crippen LogP contribution in [0.5, 0.6) is 0 Å². The monoisotopic (exact) mass is 173 g/mol. The molecule has 3 heterocycles. The number of nitrogens with zero attached hydrogens (tertiary/aromatic N) is 3. The van der Waals surface area contributed by atoms with Gasteiger partial charge in [0.15, 0.2) is 11.5 Å². The molecule has 0 fully saturated rings. The molecule has 0 spiro atoms. The topological polar surface area (TPSA) is 72.0 Å². The molecule has 64 valence electrons. The third kappa shape index (κ3) is 0.703. The van der Waals surface area contributed by atoms with Gasteiger partial charge in [-0.1, -0.05) is 0 Å². The molecular formula is C8H7N5. The molecular weight excluding hydrogens is 166 g/mol. The van der Waals surface area contributed by atoms with Crippen molar-refractivity contribution in [2.24, 2.45) is 0 Å². The van der Waals surface area contributed by atoms with Gasteiger partial charge < -0.3 is 10.7 Å². The fourth-order valence-corrected chi connectivity index (χ4v) is 1.49. The summed E-state index contributed by atoms with van der Waals surface area (Å²) in [5, 5.41) is 0. The Morgan fingerprint density at radius 2 is 2.31 bits per heavy atom. The molecule has 0 bridgehead atoms. The van der Waals surface area contributed by atoms with Crippen LogP contribution in [0.25, 0.3) is 16.7 Å². The van der Waals surface area contributed by atoms with E-state index in [1.807, 2.05) is 16.7 Å². The quantitative estimate of drug-likeness (QED) is 0.528. The van der Waals surface area contributed by atoms with Crippen molar-refractivity contribution in [3.8, 4) is 0 Å². The van der Waals surface area contributed by atoms with E-state index in [4.69, 9.17) is 5.73 Å². The molecule has 5 heteroatoms. The Balaban J connectivity index is 2.70. The number of nitrogens with two attached hydrogens (primary N) is 1. The summed E-state index contributed by atoms with van der Waals surface area (Å²) in [6.07, 6.45) is 5.26. The molecule has 0 aliphatic heterocycles. The van der Waals surface area contributed by atoms with Crippen LogP contribution in [-0.4, -0.2) is 19.4 Å². The van der Waals surface area contributed by atoms with E-state index in [9.17, 15) is 0 Å². The van der Waals surface area contributed by atoms with Crippen molar-refractivity contribution in [1.82, 2.24) is 19.4 Å². The van der Waals surface area contributed by atoms with Crippen molar-refractivity contribution in [1.29, 1.82) is 0 Å². The lowest BCUT2D eigenvalue weighted by Gasteiger charge is -1.98. The number of H-pyrrole nitrogens is 1. The van der Waals surface area contributed by atoms with E-state index in [2.05, 4.69) is 15.0 Å². The summed E-state index contributed by atoms with van der Waals surface area (Å²) in [5.41, 5.74) is 8.34. The normalized spacial score (nSPS) is 11.4. The first kappa shape index (κ1) is 6.47. The number of nitrogen functional groups attached to an aromatic ring is 1. The summed E-state index contributed by atoms with van der Waals surface area (Å²) in [5.74, 6) is 0.493. The Morgan fingerprint density at radius 1 is 1.38 bits per heavy atom. The first-order valence-electron chi connectivity index (χ1n) is 3.91. The Kier molecular flexibility index (Phi) is 0.999. The molecule has 3 aromatic rings. The molecule has 0 unspecified atom stereocenters. The zero-order valence-electron chi connectivity index (χ0n) is 6.73. The summed E-state index contributed by atoms with van der Waals surface area (Å²) in [6.45, 7) is 0. The highest BCUT2D eigenvalue weighted by Crippen LogP contribution is 2.17. The summed E-state index contributed by atoms with van der Waals surface area (Å²) in [6, 6.07) is 1.94. The Hall–Kier alpha value is -2.04. The average molecular weight is 173 g/mol.